The summed E-state index contributed by atoms with van der Waals surface area (Å²) in [6.07, 6.45) is 0.429. The third-order valence-electron chi connectivity index (χ3n) is 7.17. The molecule has 1 unspecified atom stereocenters. The Hall–Kier alpha value is -2.84. The molecule has 1 aromatic heterocycles. The Morgan fingerprint density at radius 2 is 1.77 bits per heavy atom. The number of likely N-dealkylation sites (N-methyl/N-ethyl adjacent to an activating group) is 1. The van der Waals surface area contributed by atoms with Crippen LogP contribution in [0.25, 0.3) is 10.9 Å². The number of benzene rings is 2. The van der Waals surface area contributed by atoms with Crippen LogP contribution in [0.15, 0.2) is 46.9 Å². The minimum atomic E-state index is -0.322. The summed E-state index contributed by atoms with van der Waals surface area (Å²) in [5.41, 5.74) is 4.91. The molecule has 8 heteroatoms. The van der Waals surface area contributed by atoms with Crippen LogP contribution in [0.5, 0.6) is 0 Å². The number of rotatable bonds is 4. The minimum Gasteiger partial charge on any atom is -0.450 e. The lowest BCUT2D eigenvalue weighted by Gasteiger charge is -2.35. The third-order valence-corrected chi connectivity index (χ3v) is 7.66. The van der Waals surface area contributed by atoms with E-state index in [4.69, 9.17) is 4.74 Å². The van der Waals surface area contributed by atoms with Gasteiger partial charge in [0.1, 0.15) is 6.04 Å². The zero-order chi connectivity index (χ0) is 24.5. The first kappa shape index (κ1) is 23.9. The summed E-state index contributed by atoms with van der Waals surface area (Å²) in [6, 6.07) is 13.6. The molecule has 2 aliphatic heterocycles. The number of halogens is 1. The Morgan fingerprint density at radius 1 is 1.03 bits per heavy atom. The highest BCUT2D eigenvalue weighted by Gasteiger charge is 2.35. The first-order valence-electron chi connectivity index (χ1n) is 12.3. The Kier molecular flexibility index (Phi) is 6.84. The van der Waals surface area contributed by atoms with Crippen molar-refractivity contribution in [2.24, 2.45) is 0 Å². The van der Waals surface area contributed by atoms with Gasteiger partial charge in [0.2, 0.25) is 0 Å². The first-order valence-corrected chi connectivity index (χ1v) is 13.1. The second-order valence-electron chi connectivity index (χ2n) is 9.10. The van der Waals surface area contributed by atoms with E-state index in [-0.39, 0.29) is 18.0 Å². The van der Waals surface area contributed by atoms with Crippen LogP contribution in [-0.4, -0.2) is 77.6 Å². The summed E-state index contributed by atoms with van der Waals surface area (Å²) >= 11 is 3.59. The fraction of sp³-hybridized carbons (Fsp3) is 0.407. The topological polar surface area (TPSA) is 68.9 Å². The van der Waals surface area contributed by atoms with Gasteiger partial charge in [0.05, 0.1) is 6.61 Å². The number of aromatic amines is 1. The van der Waals surface area contributed by atoms with Gasteiger partial charge in [0.25, 0.3) is 5.91 Å². The van der Waals surface area contributed by atoms with Gasteiger partial charge in [-0.1, -0.05) is 35.0 Å². The van der Waals surface area contributed by atoms with Crippen LogP contribution in [0.4, 0.5) is 4.79 Å². The lowest BCUT2D eigenvalue weighted by atomic mass is 9.92. The van der Waals surface area contributed by atoms with E-state index in [1.165, 1.54) is 10.9 Å². The van der Waals surface area contributed by atoms with Crippen LogP contribution in [-0.2, 0) is 11.2 Å². The molecule has 0 spiro atoms. The second kappa shape index (κ2) is 10.0. The molecule has 0 saturated carbocycles. The molecule has 184 valence electrons. The number of amides is 2. The van der Waals surface area contributed by atoms with Crippen molar-refractivity contribution in [2.45, 2.75) is 26.3 Å². The number of carbonyl (C=O) groups is 2. The summed E-state index contributed by atoms with van der Waals surface area (Å²) < 4.78 is 6.43. The molecule has 1 N–H and O–H groups in total. The zero-order valence-electron chi connectivity index (χ0n) is 20.2. The van der Waals surface area contributed by atoms with Gasteiger partial charge in [-0.2, -0.15) is 0 Å². The Labute approximate surface area is 214 Å². The Balaban J connectivity index is 1.47. The highest BCUT2D eigenvalue weighted by Crippen LogP contribution is 2.39. The average Bonchev–Trinajstić information content (AvgIpc) is 3.26. The maximum absolute atomic E-state index is 13.1. The van der Waals surface area contributed by atoms with E-state index < -0.39 is 0 Å². The molecule has 2 aliphatic rings. The van der Waals surface area contributed by atoms with Crippen molar-refractivity contribution < 1.29 is 14.3 Å². The minimum absolute atomic E-state index is 0.0642. The van der Waals surface area contributed by atoms with E-state index in [1.807, 2.05) is 42.2 Å². The molecule has 1 atom stereocenters. The molecule has 35 heavy (non-hydrogen) atoms. The molecule has 0 bridgehead atoms. The molecule has 2 aromatic carbocycles. The highest BCUT2D eigenvalue weighted by atomic mass is 79.9. The number of aromatic nitrogens is 1. The van der Waals surface area contributed by atoms with Crippen molar-refractivity contribution >= 4 is 38.8 Å². The maximum atomic E-state index is 13.1. The summed E-state index contributed by atoms with van der Waals surface area (Å²) in [6.45, 7) is 9.21. The van der Waals surface area contributed by atoms with Crippen molar-refractivity contribution in [3.63, 3.8) is 0 Å². The van der Waals surface area contributed by atoms with Crippen LogP contribution in [0, 0.1) is 0 Å². The number of H-pyrrole nitrogens is 1. The molecule has 2 amide bonds. The fourth-order valence-electron chi connectivity index (χ4n) is 5.27. The molecular formula is C27H31BrN4O3. The van der Waals surface area contributed by atoms with Crippen molar-refractivity contribution in [2.75, 3.05) is 45.9 Å². The Bertz CT molecular complexity index is 1230. The van der Waals surface area contributed by atoms with Crippen LogP contribution >= 0.6 is 15.9 Å². The lowest BCUT2D eigenvalue weighted by Crippen LogP contribution is -2.48. The number of nitrogens with one attached hydrogen (secondary N) is 1. The number of piperazine rings is 1. The van der Waals surface area contributed by atoms with Gasteiger partial charge in [-0.05, 0) is 61.3 Å². The molecule has 0 aliphatic carbocycles. The van der Waals surface area contributed by atoms with E-state index in [9.17, 15) is 9.59 Å². The predicted octanol–water partition coefficient (Wildman–Crippen LogP) is 4.81. The van der Waals surface area contributed by atoms with Gasteiger partial charge in [-0.15, -0.1) is 0 Å². The van der Waals surface area contributed by atoms with Crippen molar-refractivity contribution in [1.29, 1.82) is 0 Å². The summed E-state index contributed by atoms with van der Waals surface area (Å²) in [4.78, 5) is 35.7. The molecule has 7 nitrogen and oxygen atoms in total. The molecule has 1 saturated heterocycles. The molecule has 3 aromatic rings. The van der Waals surface area contributed by atoms with Crippen LogP contribution in [0.3, 0.4) is 0 Å². The van der Waals surface area contributed by atoms with Crippen LogP contribution in [0.2, 0.25) is 0 Å². The standard InChI is InChI=1S/C27H31BrN4O3/c1-3-30-13-15-31(16-14-30)26(33)19-7-5-18(6-8-19)25-24-21(11-12-32(25)27(34)35-4-2)22-17-20(28)9-10-23(22)29-24/h5-10,17,25,29H,3-4,11-16H2,1-2H3. The van der Waals surface area contributed by atoms with Gasteiger partial charge >= 0.3 is 6.09 Å². The van der Waals surface area contributed by atoms with E-state index in [0.29, 0.717) is 18.7 Å². The van der Waals surface area contributed by atoms with Gasteiger partial charge in [0.15, 0.2) is 0 Å². The fourth-order valence-corrected chi connectivity index (χ4v) is 5.63. The number of hydrogen-bond acceptors (Lipinski definition) is 4. The molecule has 1 fully saturated rings. The van der Waals surface area contributed by atoms with E-state index >= 15 is 0 Å². The van der Waals surface area contributed by atoms with Gasteiger partial charge < -0.3 is 19.5 Å². The summed E-state index contributed by atoms with van der Waals surface area (Å²) in [7, 11) is 0. The van der Waals surface area contributed by atoms with Crippen molar-refractivity contribution in [3.8, 4) is 0 Å². The first-order chi connectivity index (χ1) is 17.0. The highest BCUT2D eigenvalue weighted by molar-refractivity contribution is 9.10. The van der Waals surface area contributed by atoms with E-state index in [2.05, 4.69) is 44.9 Å². The smallest absolute Gasteiger partial charge is 0.410 e. The summed E-state index contributed by atoms with van der Waals surface area (Å²) in [5.74, 6) is 0.0642. The average molecular weight is 539 g/mol. The van der Waals surface area contributed by atoms with E-state index in [0.717, 1.165) is 60.4 Å². The molecule has 3 heterocycles. The van der Waals surface area contributed by atoms with Gasteiger partial charge in [-0.25, -0.2) is 4.79 Å². The Morgan fingerprint density at radius 3 is 2.46 bits per heavy atom. The molecular weight excluding hydrogens is 508 g/mol. The third kappa shape index (κ3) is 4.57. The van der Waals surface area contributed by atoms with Crippen molar-refractivity contribution in [1.82, 2.24) is 19.7 Å². The quantitative estimate of drug-likeness (QED) is 0.517. The van der Waals surface area contributed by atoms with E-state index in [1.54, 1.807) is 4.90 Å². The van der Waals surface area contributed by atoms with Crippen LogP contribution in [0.1, 0.15) is 47.1 Å². The number of fused-ring (bicyclic) bond motifs is 3. The monoisotopic (exact) mass is 538 g/mol. The van der Waals surface area contributed by atoms with Crippen molar-refractivity contribution in [3.05, 3.63) is 69.3 Å². The number of hydrogen-bond donors (Lipinski definition) is 1. The number of carbonyl (C=O) groups excluding carboxylic acids is 2. The molecule has 0 radical (unpaired) electrons. The predicted molar refractivity (Wildman–Crippen MR) is 140 cm³/mol. The number of ether oxygens (including phenoxy) is 1. The molecule has 5 rings (SSSR count). The zero-order valence-corrected chi connectivity index (χ0v) is 21.8. The maximum Gasteiger partial charge on any atom is 0.410 e. The normalized spacial score (nSPS) is 18.5. The second-order valence-corrected chi connectivity index (χ2v) is 10.0. The summed E-state index contributed by atoms with van der Waals surface area (Å²) in [5, 5.41) is 1.17. The number of nitrogens with zero attached hydrogens (tertiary/aromatic N) is 3. The van der Waals surface area contributed by atoms with Crippen LogP contribution < -0.4 is 0 Å². The lowest BCUT2D eigenvalue weighted by molar-refractivity contribution is 0.0643. The van der Waals surface area contributed by atoms with Gasteiger partial charge in [-0.3, -0.25) is 9.69 Å². The van der Waals surface area contributed by atoms with Gasteiger partial charge in [0, 0.05) is 59.4 Å². The largest absolute Gasteiger partial charge is 0.450 e. The SMILES string of the molecule is CCOC(=O)N1CCc2c([nH]c3ccc(Br)cc23)C1c1ccc(C(=O)N2CCN(CC)CC2)cc1.